The molecule has 1 atom stereocenters. The first kappa shape index (κ1) is 13.2. The van der Waals surface area contributed by atoms with Crippen LogP contribution in [0.4, 0.5) is 11.4 Å². The Balaban J connectivity index is 1.95. The van der Waals surface area contributed by atoms with Crippen molar-refractivity contribution in [1.82, 2.24) is 0 Å². The van der Waals surface area contributed by atoms with Crippen LogP contribution in [0.1, 0.15) is 13.3 Å². The third-order valence-corrected chi connectivity index (χ3v) is 3.28. The van der Waals surface area contributed by atoms with Gasteiger partial charge in [0.05, 0.1) is 19.3 Å². The van der Waals surface area contributed by atoms with Gasteiger partial charge in [-0.1, -0.05) is 0 Å². The topological polar surface area (TPSA) is 44.7 Å². The van der Waals surface area contributed by atoms with E-state index in [1.54, 1.807) is 0 Å². The van der Waals surface area contributed by atoms with Gasteiger partial charge in [-0.3, -0.25) is 0 Å². The third-order valence-electron chi connectivity index (χ3n) is 3.28. The van der Waals surface area contributed by atoms with Gasteiger partial charge in [-0.05, 0) is 37.6 Å². The number of hydrogen-bond acceptors (Lipinski definition) is 4. The number of benzene rings is 1. The normalized spacial score (nSPS) is 18.9. The van der Waals surface area contributed by atoms with Gasteiger partial charge >= 0.3 is 0 Å². The molecule has 2 rings (SSSR count). The summed E-state index contributed by atoms with van der Waals surface area (Å²) in [7, 11) is 0. The van der Waals surface area contributed by atoms with Crippen molar-refractivity contribution in [2.45, 2.75) is 19.4 Å². The molecule has 0 aliphatic carbocycles. The van der Waals surface area contributed by atoms with Crippen LogP contribution in [0.5, 0.6) is 0 Å². The predicted octanol–water partition coefficient (Wildman–Crippen LogP) is 1.71. The fourth-order valence-corrected chi connectivity index (χ4v) is 2.24. The molecule has 0 bridgehead atoms. The summed E-state index contributed by atoms with van der Waals surface area (Å²) in [5.74, 6) is 0. The first-order valence-corrected chi connectivity index (χ1v) is 6.63. The molecular weight excluding hydrogens is 228 g/mol. The molecular formula is C14H22N2O2. The SMILES string of the molecule is CCN(CCO)c1ccc(NC2CCOC2)cc1. The maximum absolute atomic E-state index is 9.01. The molecule has 4 heteroatoms. The molecule has 1 aromatic carbocycles. The Morgan fingerprint density at radius 2 is 2.17 bits per heavy atom. The van der Waals surface area contributed by atoms with Crippen molar-refractivity contribution in [3.05, 3.63) is 24.3 Å². The molecule has 100 valence electrons. The molecule has 1 aliphatic heterocycles. The number of rotatable bonds is 6. The molecule has 4 nitrogen and oxygen atoms in total. The van der Waals surface area contributed by atoms with Crippen molar-refractivity contribution >= 4 is 11.4 Å². The molecule has 1 unspecified atom stereocenters. The number of aliphatic hydroxyl groups is 1. The number of nitrogens with one attached hydrogen (secondary N) is 1. The Morgan fingerprint density at radius 3 is 2.72 bits per heavy atom. The monoisotopic (exact) mass is 250 g/mol. The quantitative estimate of drug-likeness (QED) is 0.806. The van der Waals surface area contributed by atoms with Crippen LogP contribution in [-0.2, 0) is 4.74 Å². The molecule has 0 amide bonds. The molecule has 1 aromatic rings. The van der Waals surface area contributed by atoms with Gasteiger partial charge in [0.15, 0.2) is 0 Å². The zero-order valence-electron chi connectivity index (χ0n) is 10.9. The second-order valence-corrected chi connectivity index (χ2v) is 4.56. The number of anilines is 2. The van der Waals surface area contributed by atoms with E-state index in [0.29, 0.717) is 12.6 Å². The van der Waals surface area contributed by atoms with Crippen molar-refractivity contribution in [2.24, 2.45) is 0 Å². The van der Waals surface area contributed by atoms with Crippen molar-refractivity contribution in [2.75, 3.05) is 43.1 Å². The van der Waals surface area contributed by atoms with Crippen molar-refractivity contribution in [3.8, 4) is 0 Å². The third kappa shape index (κ3) is 3.37. The van der Waals surface area contributed by atoms with Gasteiger partial charge in [0, 0.05) is 31.1 Å². The van der Waals surface area contributed by atoms with E-state index in [1.807, 2.05) is 0 Å². The van der Waals surface area contributed by atoms with Crippen molar-refractivity contribution in [3.63, 3.8) is 0 Å². The molecule has 0 radical (unpaired) electrons. The summed E-state index contributed by atoms with van der Waals surface area (Å²) >= 11 is 0. The summed E-state index contributed by atoms with van der Waals surface area (Å²) in [5.41, 5.74) is 2.29. The number of ether oxygens (including phenoxy) is 1. The van der Waals surface area contributed by atoms with Crippen LogP contribution in [-0.4, -0.2) is 44.1 Å². The van der Waals surface area contributed by atoms with E-state index in [1.165, 1.54) is 0 Å². The van der Waals surface area contributed by atoms with Crippen LogP contribution >= 0.6 is 0 Å². The Labute approximate surface area is 109 Å². The molecule has 1 fully saturated rings. The minimum atomic E-state index is 0.188. The second kappa shape index (κ2) is 6.61. The summed E-state index contributed by atoms with van der Waals surface area (Å²) in [6, 6.07) is 8.81. The van der Waals surface area contributed by atoms with Crippen LogP contribution in [0.15, 0.2) is 24.3 Å². The Kier molecular flexibility index (Phi) is 4.84. The van der Waals surface area contributed by atoms with E-state index in [2.05, 4.69) is 41.4 Å². The number of likely N-dealkylation sites (N-methyl/N-ethyl adjacent to an activating group) is 1. The zero-order chi connectivity index (χ0) is 12.8. The fourth-order valence-electron chi connectivity index (χ4n) is 2.24. The lowest BCUT2D eigenvalue weighted by Gasteiger charge is -2.22. The fraction of sp³-hybridized carbons (Fsp3) is 0.571. The van der Waals surface area contributed by atoms with Gasteiger partial charge in [0.1, 0.15) is 0 Å². The van der Waals surface area contributed by atoms with Gasteiger partial charge in [-0.2, -0.15) is 0 Å². The van der Waals surface area contributed by atoms with Gasteiger partial charge < -0.3 is 20.1 Å². The lowest BCUT2D eigenvalue weighted by atomic mass is 10.2. The minimum absolute atomic E-state index is 0.188. The summed E-state index contributed by atoms with van der Waals surface area (Å²) < 4.78 is 5.34. The largest absolute Gasteiger partial charge is 0.395 e. The van der Waals surface area contributed by atoms with Crippen LogP contribution in [0, 0.1) is 0 Å². The smallest absolute Gasteiger partial charge is 0.0668 e. The molecule has 2 N–H and O–H groups in total. The Hall–Kier alpha value is -1.26. The van der Waals surface area contributed by atoms with E-state index < -0.39 is 0 Å². The van der Waals surface area contributed by atoms with E-state index in [-0.39, 0.29) is 6.61 Å². The predicted molar refractivity (Wildman–Crippen MR) is 74.3 cm³/mol. The number of hydrogen-bond donors (Lipinski definition) is 2. The lowest BCUT2D eigenvalue weighted by molar-refractivity contribution is 0.195. The standard InChI is InChI=1S/C14H22N2O2/c1-2-16(8-9-17)14-5-3-12(4-6-14)15-13-7-10-18-11-13/h3-6,13,15,17H,2,7-11H2,1H3. The highest BCUT2D eigenvalue weighted by Gasteiger charge is 2.14. The first-order valence-electron chi connectivity index (χ1n) is 6.63. The van der Waals surface area contributed by atoms with E-state index >= 15 is 0 Å². The number of aliphatic hydroxyl groups excluding tert-OH is 1. The molecule has 1 heterocycles. The Bertz CT molecular complexity index is 347. The maximum Gasteiger partial charge on any atom is 0.0668 e. The molecule has 1 aliphatic rings. The van der Waals surface area contributed by atoms with Crippen LogP contribution in [0.25, 0.3) is 0 Å². The average Bonchev–Trinajstić information content (AvgIpc) is 2.90. The maximum atomic E-state index is 9.01. The van der Waals surface area contributed by atoms with Gasteiger partial charge in [0.2, 0.25) is 0 Å². The molecule has 0 spiro atoms. The van der Waals surface area contributed by atoms with Crippen LogP contribution < -0.4 is 10.2 Å². The van der Waals surface area contributed by atoms with E-state index in [0.717, 1.165) is 37.6 Å². The molecule has 0 aromatic heterocycles. The first-order chi connectivity index (χ1) is 8.83. The van der Waals surface area contributed by atoms with Crippen LogP contribution in [0.2, 0.25) is 0 Å². The molecule has 18 heavy (non-hydrogen) atoms. The zero-order valence-corrected chi connectivity index (χ0v) is 10.9. The van der Waals surface area contributed by atoms with Gasteiger partial charge in [-0.25, -0.2) is 0 Å². The number of nitrogens with zero attached hydrogens (tertiary/aromatic N) is 1. The lowest BCUT2D eigenvalue weighted by Crippen LogP contribution is -2.26. The van der Waals surface area contributed by atoms with E-state index in [4.69, 9.17) is 9.84 Å². The van der Waals surface area contributed by atoms with Gasteiger partial charge in [-0.15, -0.1) is 0 Å². The summed E-state index contributed by atoms with van der Waals surface area (Å²) in [4.78, 5) is 2.16. The highest BCUT2D eigenvalue weighted by Crippen LogP contribution is 2.19. The summed E-state index contributed by atoms with van der Waals surface area (Å²) in [5, 5.41) is 12.5. The molecule has 1 saturated heterocycles. The van der Waals surface area contributed by atoms with Crippen molar-refractivity contribution in [1.29, 1.82) is 0 Å². The van der Waals surface area contributed by atoms with Crippen molar-refractivity contribution < 1.29 is 9.84 Å². The van der Waals surface area contributed by atoms with Crippen LogP contribution in [0.3, 0.4) is 0 Å². The second-order valence-electron chi connectivity index (χ2n) is 4.56. The Morgan fingerprint density at radius 1 is 1.39 bits per heavy atom. The molecule has 0 saturated carbocycles. The highest BCUT2D eigenvalue weighted by atomic mass is 16.5. The summed E-state index contributed by atoms with van der Waals surface area (Å²) in [6.45, 7) is 5.53. The van der Waals surface area contributed by atoms with Gasteiger partial charge in [0.25, 0.3) is 0 Å². The minimum Gasteiger partial charge on any atom is -0.395 e. The average molecular weight is 250 g/mol. The van der Waals surface area contributed by atoms with E-state index in [9.17, 15) is 0 Å². The highest BCUT2D eigenvalue weighted by molar-refractivity contribution is 5.55. The summed E-state index contributed by atoms with van der Waals surface area (Å²) in [6.07, 6.45) is 1.08.